The SMILES string of the molecule is CCCCCCCCC(N)(CCO)CCO. The van der Waals surface area contributed by atoms with E-state index in [0.717, 1.165) is 12.8 Å². The lowest BCUT2D eigenvalue weighted by Gasteiger charge is -2.28. The van der Waals surface area contributed by atoms with Gasteiger partial charge in [-0.15, -0.1) is 0 Å². The average Bonchev–Trinajstić information content (AvgIpc) is 2.24. The minimum atomic E-state index is -0.353. The summed E-state index contributed by atoms with van der Waals surface area (Å²) in [6.45, 7) is 2.45. The average molecular weight is 231 g/mol. The summed E-state index contributed by atoms with van der Waals surface area (Å²) in [6, 6.07) is 0. The van der Waals surface area contributed by atoms with Crippen molar-refractivity contribution in [1.29, 1.82) is 0 Å². The highest BCUT2D eigenvalue weighted by molar-refractivity contribution is 4.83. The summed E-state index contributed by atoms with van der Waals surface area (Å²) in [4.78, 5) is 0. The number of hydrogen-bond acceptors (Lipinski definition) is 3. The van der Waals surface area contributed by atoms with Crippen LogP contribution in [-0.2, 0) is 0 Å². The van der Waals surface area contributed by atoms with E-state index >= 15 is 0 Å². The highest BCUT2D eigenvalue weighted by Crippen LogP contribution is 2.20. The van der Waals surface area contributed by atoms with Crippen LogP contribution in [0.15, 0.2) is 0 Å². The molecule has 0 radical (unpaired) electrons. The van der Waals surface area contributed by atoms with Crippen LogP contribution < -0.4 is 5.73 Å². The molecule has 0 aliphatic carbocycles. The zero-order valence-corrected chi connectivity index (χ0v) is 10.7. The summed E-state index contributed by atoms with van der Waals surface area (Å²) in [5, 5.41) is 17.9. The number of rotatable bonds is 11. The van der Waals surface area contributed by atoms with Crippen LogP contribution in [-0.4, -0.2) is 29.0 Å². The first-order valence-corrected chi connectivity index (χ1v) is 6.69. The summed E-state index contributed by atoms with van der Waals surface area (Å²) in [6.07, 6.45) is 9.63. The quantitative estimate of drug-likeness (QED) is 0.478. The van der Waals surface area contributed by atoms with Gasteiger partial charge in [-0.25, -0.2) is 0 Å². The molecule has 0 aliphatic rings. The van der Waals surface area contributed by atoms with E-state index in [1.54, 1.807) is 0 Å². The fourth-order valence-corrected chi connectivity index (χ4v) is 2.08. The van der Waals surface area contributed by atoms with Crippen LogP contribution in [0.3, 0.4) is 0 Å². The molecular weight excluding hydrogens is 202 g/mol. The fraction of sp³-hybridized carbons (Fsp3) is 1.00. The molecule has 0 saturated heterocycles. The molecule has 0 saturated carbocycles. The molecule has 4 N–H and O–H groups in total. The molecule has 0 aromatic rings. The number of hydrogen-bond donors (Lipinski definition) is 3. The molecule has 0 rings (SSSR count). The number of unbranched alkanes of at least 4 members (excludes halogenated alkanes) is 5. The molecule has 0 unspecified atom stereocenters. The molecule has 0 heterocycles. The second-order valence-electron chi connectivity index (χ2n) is 4.83. The topological polar surface area (TPSA) is 66.5 Å². The molecule has 0 amide bonds. The van der Waals surface area contributed by atoms with Gasteiger partial charge in [0.2, 0.25) is 0 Å². The van der Waals surface area contributed by atoms with E-state index in [1.165, 1.54) is 32.1 Å². The Hall–Kier alpha value is -0.120. The molecule has 98 valence electrons. The van der Waals surface area contributed by atoms with Crippen molar-refractivity contribution in [3.05, 3.63) is 0 Å². The van der Waals surface area contributed by atoms with Gasteiger partial charge >= 0.3 is 0 Å². The zero-order valence-electron chi connectivity index (χ0n) is 10.7. The third-order valence-corrected chi connectivity index (χ3v) is 3.25. The number of aliphatic hydroxyl groups excluding tert-OH is 2. The third-order valence-electron chi connectivity index (χ3n) is 3.25. The Morgan fingerprint density at radius 3 is 1.81 bits per heavy atom. The molecule has 0 fully saturated rings. The lowest BCUT2D eigenvalue weighted by Crippen LogP contribution is -2.41. The van der Waals surface area contributed by atoms with Crippen LogP contribution in [0.2, 0.25) is 0 Å². The molecule has 3 nitrogen and oxygen atoms in total. The number of aliphatic hydroxyl groups is 2. The Labute approximate surface area is 100 Å². The molecule has 3 heteroatoms. The van der Waals surface area contributed by atoms with Crippen molar-refractivity contribution in [2.45, 2.75) is 70.3 Å². The minimum Gasteiger partial charge on any atom is -0.396 e. The first-order chi connectivity index (χ1) is 7.68. The Balaban J connectivity index is 3.59. The van der Waals surface area contributed by atoms with Crippen LogP contribution in [0.25, 0.3) is 0 Å². The molecule has 0 aromatic heterocycles. The maximum absolute atomic E-state index is 8.94. The summed E-state index contributed by atoms with van der Waals surface area (Å²) in [5.74, 6) is 0. The number of nitrogens with two attached hydrogens (primary N) is 1. The van der Waals surface area contributed by atoms with Crippen molar-refractivity contribution in [3.8, 4) is 0 Å². The minimum absolute atomic E-state index is 0.117. The van der Waals surface area contributed by atoms with Crippen molar-refractivity contribution in [3.63, 3.8) is 0 Å². The maximum atomic E-state index is 8.94. The van der Waals surface area contributed by atoms with Gasteiger partial charge in [0.25, 0.3) is 0 Å². The van der Waals surface area contributed by atoms with E-state index in [0.29, 0.717) is 12.8 Å². The van der Waals surface area contributed by atoms with Crippen molar-refractivity contribution < 1.29 is 10.2 Å². The monoisotopic (exact) mass is 231 g/mol. The van der Waals surface area contributed by atoms with Gasteiger partial charge < -0.3 is 15.9 Å². The molecule has 0 spiro atoms. The van der Waals surface area contributed by atoms with Crippen molar-refractivity contribution >= 4 is 0 Å². The van der Waals surface area contributed by atoms with Crippen LogP contribution in [0.1, 0.15) is 64.7 Å². The van der Waals surface area contributed by atoms with Crippen molar-refractivity contribution in [1.82, 2.24) is 0 Å². The van der Waals surface area contributed by atoms with Gasteiger partial charge in [0.05, 0.1) is 0 Å². The van der Waals surface area contributed by atoms with Crippen molar-refractivity contribution in [2.24, 2.45) is 5.73 Å². The third kappa shape index (κ3) is 8.08. The van der Waals surface area contributed by atoms with Gasteiger partial charge in [0, 0.05) is 18.8 Å². The Morgan fingerprint density at radius 2 is 1.31 bits per heavy atom. The van der Waals surface area contributed by atoms with E-state index in [9.17, 15) is 0 Å². The van der Waals surface area contributed by atoms with E-state index in [2.05, 4.69) is 6.92 Å². The van der Waals surface area contributed by atoms with E-state index in [1.807, 2.05) is 0 Å². The first kappa shape index (κ1) is 15.9. The summed E-state index contributed by atoms with van der Waals surface area (Å²) in [7, 11) is 0. The Bertz CT molecular complexity index is 145. The second-order valence-corrected chi connectivity index (χ2v) is 4.83. The lowest BCUT2D eigenvalue weighted by atomic mass is 9.87. The predicted molar refractivity (Wildman–Crippen MR) is 68.3 cm³/mol. The summed E-state index contributed by atoms with van der Waals surface area (Å²) in [5.41, 5.74) is 5.79. The standard InChI is InChI=1S/C13H29NO2/c1-2-3-4-5-6-7-8-13(14,9-11-15)10-12-16/h15-16H,2-12,14H2,1H3. The van der Waals surface area contributed by atoms with Gasteiger partial charge in [0.15, 0.2) is 0 Å². The van der Waals surface area contributed by atoms with E-state index < -0.39 is 0 Å². The van der Waals surface area contributed by atoms with Crippen LogP contribution >= 0.6 is 0 Å². The molecule has 0 aliphatic heterocycles. The molecule has 16 heavy (non-hydrogen) atoms. The Kier molecular flexibility index (Phi) is 9.99. The summed E-state index contributed by atoms with van der Waals surface area (Å²) < 4.78 is 0. The molecule has 0 bridgehead atoms. The Morgan fingerprint density at radius 1 is 0.812 bits per heavy atom. The van der Waals surface area contributed by atoms with Gasteiger partial charge in [-0.3, -0.25) is 0 Å². The van der Waals surface area contributed by atoms with Gasteiger partial charge in [0.1, 0.15) is 0 Å². The van der Waals surface area contributed by atoms with Crippen LogP contribution in [0.4, 0.5) is 0 Å². The highest BCUT2D eigenvalue weighted by Gasteiger charge is 2.22. The first-order valence-electron chi connectivity index (χ1n) is 6.69. The van der Waals surface area contributed by atoms with Gasteiger partial charge in [-0.2, -0.15) is 0 Å². The smallest absolute Gasteiger partial charge is 0.0448 e. The second kappa shape index (κ2) is 10.1. The van der Waals surface area contributed by atoms with Gasteiger partial charge in [-0.05, 0) is 19.3 Å². The normalized spacial score (nSPS) is 12.0. The van der Waals surface area contributed by atoms with Crippen LogP contribution in [0.5, 0.6) is 0 Å². The highest BCUT2D eigenvalue weighted by atomic mass is 16.3. The molecular formula is C13H29NO2. The molecule has 0 aromatic carbocycles. The van der Waals surface area contributed by atoms with Crippen molar-refractivity contribution in [2.75, 3.05) is 13.2 Å². The molecule has 0 atom stereocenters. The zero-order chi connectivity index (χ0) is 12.3. The summed E-state index contributed by atoms with van der Waals surface area (Å²) >= 11 is 0. The van der Waals surface area contributed by atoms with Crippen LogP contribution in [0, 0.1) is 0 Å². The fourth-order valence-electron chi connectivity index (χ4n) is 2.08. The van der Waals surface area contributed by atoms with E-state index in [4.69, 9.17) is 15.9 Å². The maximum Gasteiger partial charge on any atom is 0.0448 e. The predicted octanol–water partition coefficient (Wildman–Crippen LogP) is 2.20. The van der Waals surface area contributed by atoms with Gasteiger partial charge in [-0.1, -0.05) is 45.4 Å². The lowest BCUT2D eigenvalue weighted by molar-refractivity contribution is 0.183. The largest absolute Gasteiger partial charge is 0.396 e. The van der Waals surface area contributed by atoms with E-state index in [-0.39, 0.29) is 18.8 Å².